The monoisotopic (exact) mass is 367 g/mol. The Morgan fingerprint density at radius 3 is 2.85 bits per heavy atom. The number of thiophene rings is 1. The summed E-state index contributed by atoms with van der Waals surface area (Å²) in [7, 11) is 0. The van der Waals surface area contributed by atoms with E-state index < -0.39 is 0 Å². The molecule has 0 unspecified atom stereocenters. The molecule has 2 bridgehead atoms. The van der Waals surface area contributed by atoms with Gasteiger partial charge in [-0.25, -0.2) is 0 Å². The molecular weight excluding hydrogens is 346 g/mol. The van der Waals surface area contributed by atoms with Gasteiger partial charge in [-0.1, -0.05) is 17.4 Å². The smallest absolute Gasteiger partial charge is 0.261 e. The molecule has 5 rings (SSSR count). The third-order valence-corrected chi connectivity index (χ3v) is 6.42. The summed E-state index contributed by atoms with van der Waals surface area (Å²) >= 11 is 1.33. The molecule has 0 saturated carbocycles. The first-order valence-electron chi connectivity index (χ1n) is 8.97. The number of piperidine rings is 3. The maximum Gasteiger partial charge on any atom is 0.261 e. The predicted molar refractivity (Wildman–Crippen MR) is 101 cm³/mol. The minimum absolute atomic E-state index is 0.0266. The first-order valence-corrected chi connectivity index (χ1v) is 9.78. The van der Waals surface area contributed by atoms with E-state index in [-0.39, 0.29) is 11.9 Å². The number of hydrogen-bond donors (Lipinski definition) is 1. The highest BCUT2D eigenvalue weighted by Gasteiger charge is 2.40. The van der Waals surface area contributed by atoms with Crippen LogP contribution in [0.15, 0.2) is 36.4 Å². The molecular formula is C20H21N3O2S. The van der Waals surface area contributed by atoms with E-state index >= 15 is 0 Å². The molecule has 3 aliphatic rings. The number of nitrogens with zero attached hydrogens (tertiary/aromatic N) is 2. The SMILES string of the molecule is C[C@H]1[C@H](NC(=O)c2ccc(Oc3cccc(C#N)c3)s2)C2CCN1CC2. The van der Waals surface area contributed by atoms with Crippen molar-refractivity contribution in [2.75, 3.05) is 13.1 Å². The molecule has 134 valence electrons. The summed E-state index contributed by atoms with van der Waals surface area (Å²) in [4.78, 5) is 15.8. The Labute approximate surface area is 157 Å². The normalized spacial score (nSPS) is 26.9. The second-order valence-electron chi connectivity index (χ2n) is 6.97. The zero-order chi connectivity index (χ0) is 18.1. The summed E-state index contributed by atoms with van der Waals surface area (Å²) < 4.78 is 5.79. The average Bonchev–Trinajstić information content (AvgIpc) is 3.13. The molecule has 1 aromatic heterocycles. The summed E-state index contributed by atoms with van der Waals surface area (Å²) in [5.41, 5.74) is 0.549. The van der Waals surface area contributed by atoms with E-state index in [1.807, 2.05) is 0 Å². The lowest BCUT2D eigenvalue weighted by atomic mass is 9.79. The maximum atomic E-state index is 12.7. The van der Waals surface area contributed by atoms with Gasteiger partial charge in [0.1, 0.15) is 5.75 Å². The number of fused-ring (bicyclic) bond motifs is 3. The zero-order valence-corrected chi connectivity index (χ0v) is 15.5. The molecule has 4 heterocycles. The van der Waals surface area contributed by atoms with Crippen LogP contribution in [0, 0.1) is 17.2 Å². The van der Waals surface area contributed by atoms with E-state index in [0.717, 1.165) is 13.1 Å². The lowest BCUT2D eigenvalue weighted by molar-refractivity contribution is 0.0218. The fourth-order valence-electron chi connectivity index (χ4n) is 4.01. The molecule has 2 aromatic rings. The molecule has 5 nitrogen and oxygen atoms in total. The Hall–Kier alpha value is -2.36. The van der Waals surface area contributed by atoms with Crippen molar-refractivity contribution in [3.8, 4) is 16.9 Å². The van der Waals surface area contributed by atoms with Gasteiger partial charge in [0, 0.05) is 12.1 Å². The van der Waals surface area contributed by atoms with Crippen molar-refractivity contribution >= 4 is 17.2 Å². The molecule has 1 aromatic carbocycles. The van der Waals surface area contributed by atoms with E-state index in [9.17, 15) is 4.79 Å². The van der Waals surface area contributed by atoms with Crippen molar-refractivity contribution in [2.24, 2.45) is 5.92 Å². The van der Waals surface area contributed by atoms with Crippen LogP contribution in [0.1, 0.15) is 35.0 Å². The van der Waals surface area contributed by atoms with Gasteiger partial charge >= 0.3 is 0 Å². The Balaban J connectivity index is 1.42. The third-order valence-electron chi connectivity index (χ3n) is 5.46. The number of nitrogens with one attached hydrogen (secondary N) is 1. The average molecular weight is 367 g/mol. The van der Waals surface area contributed by atoms with Gasteiger partial charge in [0.2, 0.25) is 0 Å². The van der Waals surface area contributed by atoms with E-state index in [1.54, 1.807) is 36.4 Å². The number of ether oxygens (including phenoxy) is 1. The zero-order valence-electron chi connectivity index (χ0n) is 14.6. The van der Waals surface area contributed by atoms with E-state index in [1.165, 1.54) is 24.2 Å². The minimum Gasteiger partial charge on any atom is -0.447 e. The van der Waals surface area contributed by atoms with Crippen molar-refractivity contribution in [3.05, 3.63) is 46.8 Å². The maximum absolute atomic E-state index is 12.7. The van der Waals surface area contributed by atoms with Crippen LogP contribution in [0.5, 0.6) is 10.8 Å². The number of carbonyl (C=O) groups is 1. The Kier molecular flexibility index (Phi) is 4.66. The van der Waals surface area contributed by atoms with Crippen molar-refractivity contribution in [3.63, 3.8) is 0 Å². The van der Waals surface area contributed by atoms with E-state index in [0.29, 0.717) is 33.2 Å². The number of amides is 1. The molecule has 6 heteroatoms. The number of carbonyl (C=O) groups excluding carboxylic acids is 1. The van der Waals surface area contributed by atoms with Crippen LogP contribution in [0.4, 0.5) is 0 Å². The highest BCUT2D eigenvalue weighted by molar-refractivity contribution is 7.15. The minimum atomic E-state index is -0.0266. The fourth-order valence-corrected chi connectivity index (χ4v) is 4.79. The predicted octanol–water partition coefficient (Wildman–Crippen LogP) is 3.62. The number of nitriles is 1. The Bertz CT molecular complexity index is 847. The van der Waals surface area contributed by atoms with Crippen LogP contribution in [0.3, 0.4) is 0 Å². The molecule has 3 saturated heterocycles. The molecule has 3 fully saturated rings. The quantitative estimate of drug-likeness (QED) is 0.896. The summed E-state index contributed by atoms with van der Waals surface area (Å²) in [6.07, 6.45) is 2.34. The van der Waals surface area contributed by atoms with Gasteiger partial charge in [-0.15, -0.1) is 0 Å². The molecule has 1 amide bonds. The molecule has 0 aliphatic carbocycles. The summed E-state index contributed by atoms with van der Waals surface area (Å²) in [6.45, 7) is 4.51. The van der Waals surface area contributed by atoms with Crippen molar-refractivity contribution in [1.29, 1.82) is 5.26 Å². The largest absolute Gasteiger partial charge is 0.447 e. The summed E-state index contributed by atoms with van der Waals surface area (Å²) in [5, 5.41) is 12.9. The van der Waals surface area contributed by atoms with Crippen LogP contribution in [-0.2, 0) is 0 Å². The molecule has 2 atom stereocenters. The standard InChI is InChI=1S/C20H21N3O2S/c1-13-19(15-7-9-23(13)10-8-15)22-20(24)17-5-6-18(26-17)25-16-4-2-3-14(11-16)12-21/h2-6,11,13,15,19H,7-10H2,1H3,(H,22,24)/t13-,19-/m0/s1. The van der Waals surface area contributed by atoms with Crippen molar-refractivity contribution < 1.29 is 9.53 Å². The third kappa shape index (κ3) is 3.33. The number of rotatable bonds is 4. The van der Waals surface area contributed by atoms with Crippen LogP contribution in [0.2, 0.25) is 0 Å². The topological polar surface area (TPSA) is 65.4 Å². The van der Waals surface area contributed by atoms with E-state index in [2.05, 4.69) is 23.2 Å². The first-order chi connectivity index (χ1) is 12.6. The van der Waals surface area contributed by atoms with Crippen molar-refractivity contribution in [2.45, 2.75) is 31.8 Å². The molecule has 0 spiro atoms. The molecule has 0 radical (unpaired) electrons. The van der Waals surface area contributed by atoms with Crippen LogP contribution >= 0.6 is 11.3 Å². The molecule has 26 heavy (non-hydrogen) atoms. The Morgan fingerprint density at radius 2 is 2.12 bits per heavy atom. The molecule has 3 aliphatic heterocycles. The highest BCUT2D eigenvalue weighted by Crippen LogP contribution is 2.33. The van der Waals surface area contributed by atoms with Gasteiger partial charge in [-0.3, -0.25) is 9.69 Å². The summed E-state index contributed by atoms with van der Waals surface area (Å²) in [6, 6.07) is 13.3. The van der Waals surface area contributed by atoms with Gasteiger partial charge in [0.05, 0.1) is 16.5 Å². The van der Waals surface area contributed by atoms with Gasteiger partial charge in [0.15, 0.2) is 5.06 Å². The lowest BCUT2D eigenvalue weighted by Gasteiger charge is -2.49. The number of benzene rings is 1. The molecule has 1 N–H and O–H groups in total. The van der Waals surface area contributed by atoms with Crippen LogP contribution < -0.4 is 10.1 Å². The van der Waals surface area contributed by atoms with Gasteiger partial charge in [-0.05, 0) is 69.1 Å². The fraction of sp³-hybridized carbons (Fsp3) is 0.400. The van der Waals surface area contributed by atoms with Gasteiger partial charge in [-0.2, -0.15) is 5.26 Å². The van der Waals surface area contributed by atoms with Gasteiger partial charge in [0.25, 0.3) is 5.91 Å². The lowest BCUT2D eigenvalue weighted by Crippen LogP contribution is -2.62. The first kappa shape index (κ1) is 17.1. The second kappa shape index (κ2) is 7.10. The number of hydrogen-bond acceptors (Lipinski definition) is 5. The summed E-state index contributed by atoms with van der Waals surface area (Å²) in [5.74, 6) is 1.16. The highest BCUT2D eigenvalue weighted by atomic mass is 32.1. The van der Waals surface area contributed by atoms with Crippen molar-refractivity contribution in [1.82, 2.24) is 10.2 Å². The van der Waals surface area contributed by atoms with Crippen LogP contribution in [-0.4, -0.2) is 36.0 Å². The second-order valence-corrected chi connectivity index (χ2v) is 8.02. The van der Waals surface area contributed by atoms with Gasteiger partial charge < -0.3 is 10.1 Å². The Morgan fingerprint density at radius 1 is 1.31 bits per heavy atom. The van der Waals surface area contributed by atoms with E-state index in [4.69, 9.17) is 10.00 Å². The van der Waals surface area contributed by atoms with Crippen LogP contribution in [0.25, 0.3) is 0 Å².